The Hall–Kier alpha value is -1.81. The van der Waals surface area contributed by atoms with Crippen molar-refractivity contribution in [3.63, 3.8) is 0 Å². The van der Waals surface area contributed by atoms with Crippen LogP contribution >= 0.6 is 11.8 Å². The highest BCUT2D eigenvalue weighted by molar-refractivity contribution is 8.00. The van der Waals surface area contributed by atoms with Gasteiger partial charge in [-0.1, -0.05) is 18.7 Å². The molecule has 0 fully saturated rings. The van der Waals surface area contributed by atoms with Gasteiger partial charge in [-0.15, -0.1) is 0 Å². The molecular formula is C10H10N3O3S-. The highest BCUT2D eigenvalue weighted by Crippen LogP contribution is 2.18. The smallest absolute Gasteiger partial charge is 0.269 e. The van der Waals surface area contributed by atoms with E-state index < -0.39 is 16.8 Å². The van der Waals surface area contributed by atoms with Crippen LogP contribution in [0.3, 0.4) is 0 Å². The fourth-order valence-electron chi connectivity index (χ4n) is 1.14. The molecule has 0 amide bonds. The van der Waals surface area contributed by atoms with Gasteiger partial charge in [0.15, 0.2) is 5.16 Å². The van der Waals surface area contributed by atoms with E-state index in [1.54, 1.807) is 13.0 Å². The third kappa shape index (κ3) is 3.07. The van der Waals surface area contributed by atoms with Gasteiger partial charge in [0, 0.05) is 5.25 Å². The number of aryl methyl sites for hydroxylation is 1. The van der Waals surface area contributed by atoms with Gasteiger partial charge in [-0.2, -0.15) is 5.26 Å². The summed E-state index contributed by atoms with van der Waals surface area (Å²) < 4.78 is 0. The summed E-state index contributed by atoms with van der Waals surface area (Å²) in [6.45, 7) is 3.20. The molecule has 0 spiro atoms. The number of carboxylic acid groups (broad SMARTS) is 1. The first kappa shape index (κ1) is 13.3. The molecule has 1 aromatic rings. The summed E-state index contributed by atoms with van der Waals surface area (Å²) in [7, 11) is 0. The summed E-state index contributed by atoms with van der Waals surface area (Å²) in [5.74, 6) is -1.24. The monoisotopic (exact) mass is 252 g/mol. The van der Waals surface area contributed by atoms with Crippen LogP contribution in [0.15, 0.2) is 9.95 Å². The Kier molecular flexibility index (Phi) is 4.29. The number of carbonyl (C=O) groups is 1. The Labute approximate surface area is 102 Å². The van der Waals surface area contributed by atoms with Crippen molar-refractivity contribution in [1.29, 1.82) is 5.26 Å². The van der Waals surface area contributed by atoms with Gasteiger partial charge in [-0.05, 0) is 13.3 Å². The van der Waals surface area contributed by atoms with E-state index in [0.717, 1.165) is 11.8 Å². The molecular weight excluding hydrogens is 242 g/mol. The standard InChI is InChI=1S/C10H11N3O3S/c1-3-7-6(4-11)8(14)13-10(12-7)17-5(2)9(15)16/h5H,3H2,1-2H3,(H,15,16)(H,12,13,14)/p-1/t5-/m1/s1. The number of nitrogens with one attached hydrogen (secondary N) is 1. The highest BCUT2D eigenvalue weighted by Gasteiger charge is 2.12. The average molecular weight is 252 g/mol. The molecule has 0 aliphatic rings. The van der Waals surface area contributed by atoms with E-state index in [1.165, 1.54) is 6.92 Å². The van der Waals surface area contributed by atoms with Crippen molar-refractivity contribution < 1.29 is 9.90 Å². The topological polar surface area (TPSA) is 110 Å². The number of hydrogen-bond donors (Lipinski definition) is 1. The van der Waals surface area contributed by atoms with Crippen molar-refractivity contribution in [2.45, 2.75) is 30.7 Å². The van der Waals surface area contributed by atoms with Gasteiger partial charge in [-0.25, -0.2) is 4.98 Å². The van der Waals surface area contributed by atoms with Crippen LogP contribution in [0.4, 0.5) is 0 Å². The van der Waals surface area contributed by atoms with E-state index in [9.17, 15) is 14.7 Å². The third-order valence-corrected chi connectivity index (χ3v) is 3.00. The summed E-state index contributed by atoms with van der Waals surface area (Å²) >= 11 is 0.876. The van der Waals surface area contributed by atoms with Crippen LogP contribution < -0.4 is 10.7 Å². The largest absolute Gasteiger partial charge is 0.549 e. The molecule has 0 saturated heterocycles. The number of thioether (sulfide) groups is 1. The Bertz CT molecular complexity index is 533. The molecule has 7 heteroatoms. The Morgan fingerprint density at radius 1 is 1.71 bits per heavy atom. The molecule has 1 aromatic heterocycles. The number of aromatic nitrogens is 2. The average Bonchev–Trinajstić information content (AvgIpc) is 2.27. The zero-order valence-corrected chi connectivity index (χ0v) is 10.1. The van der Waals surface area contributed by atoms with Crippen molar-refractivity contribution in [1.82, 2.24) is 9.97 Å². The number of aromatic amines is 1. The van der Waals surface area contributed by atoms with Crippen LogP contribution in [0.1, 0.15) is 25.1 Å². The lowest BCUT2D eigenvalue weighted by atomic mass is 10.2. The lowest BCUT2D eigenvalue weighted by Crippen LogP contribution is -2.31. The van der Waals surface area contributed by atoms with Gasteiger partial charge in [0.25, 0.3) is 5.56 Å². The van der Waals surface area contributed by atoms with Crippen LogP contribution in [-0.4, -0.2) is 21.2 Å². The minimum atomic E-state index is -1.24. The summed E-state index contributed by atoms with van der Waals surface area (Å²) in [5, 5.41) is 18.7. The van der Waals surface area contributed by atoms with Crippen molar-refractivity contribution in [2.24, 2.45) is 0 Å². The summed E-state index contributed by atoms with van der Waals surface area (Å²) in [4.78, 5) is 28.5. The van der Waals surface area contributed by atoms with Crippen LogP contribution in [0, 0.1) is 11.3 Å². The van der Waals surface area contributed by atoms with Crippen molar-refractivity contribution in [3.8, 4) is 6.07 Å². The first-order valence-electron chi connectivity index (χ1n) is 4.90. The van der Waals surface area contributed by atoms with Crippen LogP contribution in [0.25, 0.3) is 0 Å². The van der Waals surface area contributed by atoms with Gasteiger partial charge in [0.05, 0.1) is 11.7 Å². The Morgan fingerprint density at radius 3 is 2.82 bits per heavy atom. The molecule has 1 rings (SSSR count). The van der Waals surface area contributed by atoms with E-state index in [2.05, 4.69) is 9.97 Å². The molecule has 0 saturated carbocycles. The lowest BCUT2D eigenvalue weighted by Gasteiger charge is -2.11. The molecule has 0 radical (unpaired) electrons. The molecule has 0 aromatic carbocycles. The van der Waals surface area contributed by atoms with Crippen molar-refractivity contribution in [2.75, 3.05) is 0 Å². The third-order valence-electron chi connectivity index (χ3n) is 2.04. The van der Waals surface area contributed by atoms with Gasteiger partial charge < -0.3 is 14.9 Å². The van der Waals surface area contributed by atoms with E-state index >= 15 is 0 Å². The van der Waals surface area contributed by atoms with Gasteiger partial charge in [0.2, 0.25) is 0 Å². The minimum Gasteiger partial charge on any atom is -0.549 e. The predicted octanol–water partition coefficient (Wildman–Crippen LogP) is -0.566. The number of nitrogens with zero attached hydrogens (tertiary/aromatic N) is 2. The molecule has 0 unspecified atom stereocenters. The number of aliphatic carboxylic acids is 1. The SMILES string of the molecule is CCc1nc(S[C@H](C)C(=O)[O-])[nH]c(=O)c1C#N. The zero-order valence-electron chi connectivity index (χ0n) is 9.31. The maximum absolute atomic E-state index is 11.5. The molecule has 1 atom stereocenters. The normalized spacial score (nSPS) is 11.8. The second kappa shape index (κ2) is 5.50. The molecule has 17 heavy (non-hydrogen) atoms. The number of nitriles is 1. The van der Waals surface area contributed by atoms with E-state index in [0.29, 0.717) is 12.1 Å². The number of H-pyrrole nitrogens is 1. The number of carboxylic acids is 1. The second-order valence-corrected chi connectivity index (χ2v) is 4.57. The maximum Gasteiger partial charge on any atom is 0.269 e. The van der Waals surface area contributed by atoms with Gasteiger partial charge in [-0.3, -0.25) is 4.79 Å². The number of rotatable bonds is 4. The lowest BCUT2D eigenvalue weighted by molar-refractivity contribution is -0.304. The fraction of sp³-hybridized carbons (Fsp3) is 0.400. The number of carbonyl (C=O) groups excluding carboxylic acids is 1. The van der Waals surface area contributed by atoms with Crippen LogP contribution in [0.5, 0.6) is 0 Å². The summed E-state index contributed by atoms with van der Waals surface area (Å²) in [5.41, 5.74) is -0.213. The molecule has 6 nitrogen and oxygen atoms in total. The summed E-state index contributed by atoms with van der Waals surface area (Å²) in [6.07, 6.45) is 0.431. The zero-order chi connectivity index (χ0) is 13.0. The van der Waals surface area contributed by atoms with E-state index in [4.69, 9.17) is 5.26 Å². The molecule has 1 heterocycles. The van der Waals surface area contributed by atoms with Crippen LogP contribution in [-0.2, 0) is 11.2 Å². The highest BCUT2D eigenvalue weighted by atomic mass is 32.2. The Morgan fingerprint density at radius 2 is 2.35 bits per heavy atom. The van der Waals surface area contributed by atoms with Crippen molar-refractivity contribution in [3.05, 3.63) is 21.6 Å². The summed E-state index contributed by atoms with van der Waals surface area (Å²) in [6, 6.07) is 1.77. The first-order valence-corrected chi connectivity index (χ1v) is 5.78. The molecule has 0 aliphatic carbocycles. The van der Waals surface area contributed by atoms with E-state index in [1.807, 2.05) is 0 Å². The molecule has 0 aliphatic heterocycles. The second-order valence-electron chi connectivity index (χ2n) is 3.24. The van der Waals surface area contributed by atoms with Gasteiger partial charge in [0.1, 0.15) is 11.6 Å². The van der Waals surface area contributed by atoms with E-state index in [-0.39, 0.29) is 10.7 Å². The molecule has 90 valence electrons. The Balaban J connectivity index is 3.13. The molecule has 1 N–H and O–H groups in total. The van der Waals surface area contributed by atoms with Crippen molar-refractivity contribution >= 4 is 17.7 Å². The minimum absolute atomic E-state index is 0.0297. The fourth-order valence-corrected chi connectivity index (χ4v) is 1.89. The van der Waals surface area contributed by atoms with Gasteiger partial charge >= 0.3 is 0 Å². The maximum atomic E-state index is 11.5. The predicted molar refractivity (Wildman–Crippen MR) is 59.3 cm³/mol. The number of hydrogen-bond acceptors (Lipinski definition) is 6. The quantitative estimate of drug-likeness (QED) is 0.568. The van der Waals surface area contributed by atoms with Crippen LogP contribution in [0.2, 0.25) is 0 Å². The first-order chi connectivity index (χ1) is 7.99. The molecule has 0 bridgehead atoms.